The highest BCUT2D eigenvalue weighted by Gasteiger charge is 2.25. The van der Waals surface area contributed by atoms with Gasteiger partial charge in [0.15, 0.2) is 0 Å². The van der Waals surface area contributed by atoms with Crippen LogP contribution >= 0.6 is 0 Å². The Balaban J connectivity index is 1.44. The summed E-state index contributed by atoms with van der Waals surface area (Å²) in [5.41, 5.74) is 7.67. The van der Waals surface area contributed by atoms with Crippen LogP contribution in [-0.2, 0) is 0 Å². The normalized spacial score (nSPS) is 11.1. The van der Waals surface area contributed by atoms with Crippen LogP contribution in [0, 0.1) is 0 Å². The molecule has 0 atom stereocenters. The highest BCUT2D eigenvalue weighted by atomic mass is 16.3. The minimum absolute atomic E-state index is 0.0266. The summed E-state index contributed by atoms with van der Waals surface area (Å²) in [5.74, 6) is -0.0266. The number of nitrogens with zero attached hydrogens (tertiary/aromatic N) is 1. The van der Waals surface area contributed by atoms with Gasteiger partial charge in [0.25, 0.3) is 5.91 Å². The largest absolute Gasteiger partial charge is 0.854 e. The third-order valence-electron chi connectivity index (χ3n) is 8.01. The number of amides is 1. The monoisotopic (exact) mass is 595 g/mol. The molecule has 1 aromatic heterocycles. The second-order valence-electron chi connectivity index (χ2n) is 11.3. The molecule has 0 saturated carbocycles. The maximum Gasteiger partial charge on any atom is 0.363 e. The molecule has 1 heterocycles. The standard InChI is InChI=1S/C39H37N3O3/c1-42(24-12-2-3-13-25-43)39(44)33-19-11-10-18-32(33)38-34-22-20-30(40-28-14-6-4-7-15-28)26-36(34)45-37-27-31(21-23-35(37)38)41-29-16-8-5-9-17-29/h4-11,14-23,26-27,40-41H,2-3,12-13,24-25H2,1H3. The van der Waals surface area contributed by atoms with Gasteiger partial charge in [0.2, 0.25) is 0 Å². The van der Waals surface area contributed by atoms with E-state index in [4.69, 9.17) is 4.42 Å². The first kappa shape index (κ1) is 29.9. The van der Waals surface area contributed by atoms with Gasteiger partial charge in [-0.25, -0.2) is 4.42 Å². The predicted molar refractivity (Wildman–Crippen MR) is 183 cm³/mol. The maximum atomic E-state index is 13.9. The Hall–Kier alpha value is -5.20. The maximum absolute atomic E-state index is 13.9. The lowest BCUT2D eigenvalue weighted by atomic mass is 9.92. The molecule has 5 aromatic carbocycles. The van der Waals surface area contributed by atoms with Crippen molar-refractivity contribution in [2.45, 2.75) is 25.7 Å². The zero-order valence-corrected chi connectivity index (χ0v) is 25.5. The molecule has 2 N–H and O–H groups in total. The van der Waals surface area contributed by atoms with Gasteiger partial charge in [0, 0.05) is 47.5 Å². The van der Waals surface area contributed by atoms with Crippen LogP contribution in [-0.4, -0.2) is 31.0 Å². The molecule has 0 radical (unpaired) electrons. The zero-order valence-electron chi connectivity index (χ0n) is 25.5. The minimum atomic E-state index is -0.0406. The van der Waals surface area contributed by atoms with Crippen LogP contribution in [0.3, 0.4) is 0 Å². The molecule has 0 saturated heterocycles. The topological polar surface area (TPSA) is 78.7 Å². The summed E-state index contributed by atoms with van der Waals surface area (Å²) in [7, 11) is 1.85. The number of anilines is 4. The van der Waals surface area contributed by atoms with E-state index in [1.54, 1.807) is 4.90 Å². The molecule has 0 spiro atoms. The number of hydrogen-bond acceptors (Lipinski definition) is 4. The Bertz CT molecular complexity index is 1810. The van der Waals surface area contributed by atoms with Gasteiger partial charge in [0.05, 0.1) is 22.9 Å². The zero-order chi connectivity index (χ0) is 31.0. The van der Waals surface area contributed by atoms with Crippen molar-refractivity contribution < 1.29 is 14.3 Å². The summed E-state index contributed by atoms with van der Waals surface area (Å²) in [6.07, 6.45) is 3.39. The first-order valence-corrected chi connectivity index (χ1v) is 15.5. The number of fused-ring (bicyclic) bond motifs is 2. The second-order valence-corrected chi connectivity index (χ2v) is 11.3. The minimum Gasteiger partial charge on any atom is -0.854 e. The van der Waals surface area contributed by atoms with Crippen LogP contribution in [0.2, 0.25) is 0 Å². The predicted octanol–water partition coefficient (Wildman–Crippen LogP) is 9.01. The molecule has 0 aliphatic carbocycles. The molecule has 0 bridgehead atoms. The number of unbranched alkanes of at least 4 members (excludes halogenated alkanes) is 3. The van der Waals surface area contributed by atoms with Crippen molar-refractivity contribution in [2.75, 3.05) is 30.8 Å². The summed E-state index contributed by atoms with van der Waals surface area (Å²) < 4.78 is 6.60. The van der Waals surface area contributed by atoms with Crippen LogP contribution < -0.4 is 15.7 Å². The van der Waals surface area contributed by atoms with Crippen LogP contribution in [0.5, 0.6) is 0 Å². The SMILES string of the molecule is CN(CCCCCC[O-])C(=O)c1ccccc1-c1c2ccc(Nc3ccccc3)cc2[o+]c2cc(Nc3ccccc3)ccc12. The average Bonchev–Trinajstić information content (AvgIpc) is 3.07. The highest BCUT2D eigenvalue weighted by molar-refractivity contribution is 6.13. The van der Waals surface area contributed by atoms with E-state index in [2.05, 4.69) is 22.8 Å². The molecule has 1 amide bonds. The summed E-state index contributed by atoms with van der Waals surface area (Å²) in [6, 6.07) is 40.2. The smallest absolute Gasteiger partial charge is 0.363 e. The highest BCUT2D eigenvalue weighted by Crippen LogP contribution is 2.40. The van der Waals surface area contributed by atoms with Crippen LogP contribution in [0.25, 0.3) is 33.1 Å². The van der Waals surface area contributed by atoms with Gasteiger partial charge in [-0.3, -0.25) is 4.79 Å². The Morgan fingerprint density at radius 1 is 0.644 bits per heavy atom. The van der Waals surface area contributed by atoms with Crippen molar-refractivity contribution in [3.63, 3.8) is 0 Å². The Morgan fingerprint density at radius 3 is 1.76 bits per heavy atom. The lowest BCUT2D eigenvalue weighted by Gasteiger charge is -2.20. The van der Waals surface area contributed by atoms with Crippen molar-refractivity contribution in [3.8, 4) is 11.1 Å². The summed E-state index contributed by atoms with van der Waals surface area (Å²) in [5, 5.41) is 19.6. The Morgan fingerprint density at radius 2 is 1.18 bits per heavy atom. The van der Waals surface area contributed by atoms with E-state index in [0.717, 1.165) is 63.9 Å². The van der Waals surface area contributed by atoms with E-state index in [9.17, 15) is 9.90 Å². The first-order chi connectivity index (χ1) is 22.1. The fraction of sp³-hybridized carbons (Fsp3) is 0.179. The molecule has 45 heavy (non-hydrogen) atoms. The van der Waals surface area contributed by atoms with E-state index in [1.165, 1.54) is 0 Å². The number of carbonyl (C=O) groups excluding carboxylic acids is 1. The molecule has 0 aliphatic rings. The molecular weight excluding hydrogens is 558 g/mol. The first-order valence-electron chi connectivity index (χ1n) is 15.5. The van der Waals surface area contributed by atoms with Crippen molar-refractivity contribution in [1.29, 1.82) is 0 Å². The molecule has 6 heteroatoms. The van der Waals surface area contributed by atoms with Crippen molar-refractivity contribution >= 4 is 50.6 Å². The lowest BCUT2D eigenvalue weighted by Crippen LogP contribution is -2.28. The third-order valence-corrected chi connectivity index (χ3v) is 8.01. The Kier molecular flexibility index (Phi) is 9.33. The quantitative estimate of drug-likeness (QED) is 0.0839. The van der Waals surface area contributed by atoms with Gasteiger partial charge in [-0.1, -0.05) is 73.9 Å². The molecule has 0 aliphatic heterocycles. The van der Waals surface area contributed by atoms with E-state index in [-0.39, 0.29) is 12.5 Å². The fourth-order valence-electron chi connectivity index (χ4n) is 5.71. The molecule has 6 rings (SSSR count). The number of benzene rings is 5. The Labute approximate surface area is 264 Å². The number of carbonyl (C=O) groups is 1. The van der Waals surface area contributed by atoms with Gasteiger partial charge >= 0.3 is 11.2 Å². The molecule has 0 unspecified atom stereocenters. The molecule has 226 valence electrons. The van der Waals surface area contributed by atoms with Crippen LogP contribution in [0.15, 0.2) is 126 Å². The molecule has 6 aromatic rings. The van der Waals surface area contributed by atoms with E-state index >= 15 is 0 Å². The molecule has 6 nitrogen and oxygen atoms in total. The number of para-hydroxylation sites is 2. The number of nitrogens with one attached hydrogen (secondary N) is 2. The van der Waals surface area contributed by atoms with Gasteiger partial charge in [0.1, 0.15) is 0 Å². The summed E-state index contributed by atoms with van der Waals surface area (Å²) in [4.78, 5) is 15.7. The molecule has 0 fully saturated rings. The van der Waals surface area contributed by atoms with Gasteiger partial charge in [-0.2, -0.15) is 0 Å². The van der Waals surface area contributed by atoms with Gasteiger partial charge < -0.3 is 20.6 Å². The fourth-order valence-corrected chi connectivity index (χ4v) is 5.71. The number of hydrogen-bond donors (Lipinski definition) is 2. The van der Waals surface area contributed by atoms with E-state index in [0.29, 0.717) is 29.7 Å². The average molecular weight is 596 g/mol. The van der Waals surface area contributed by atoms with Crippen LogP contribution in [0.1, 0.15) is 36.0 Å². The van der Waals surface area contributed by atoms with Crippen molar-refractivity contribution in [2.24, 2.45) is 0 Å². The summed E-state index contributed by atoms with van der Waals surface area (Å²) >= 11 is 0. The number of rotatable bonds is 12. The van der Waals surface area contributed by atoms with Gasteiger partial charge in [-0.05, 0) is 66.6 Å². The van der Waals surface area contributed by atoms with Crippen LogP contribution in [0.4, 0.5) is 22.7 Å². The molecular formula is C39H37N3O3. The van der Waals surface area contributed by atoms with Crippen molar-refractivity contribution in [3.05, 3.63) is 127 Å². The lowest BCUT2D eigenvalue weighted by molar-refractivity contribution is -0.368. The van der Waals surface area contributed by atoms with E-state index in [1.807, 2.05) is 116 Å². The van der Waals surface area contributed by atoms with E-state index < -0.39 is 0 Å². The van der Waals surface area contributed by atoms with Crippen molar-refractivity contribution in [1.82, 2.24) is 4.90 Å². The second kappa shape index (κ2) is 14.1. The van der Waals surface area contributed by atoms with Gasteiger partial charge in [-0.15, -0.1) is 6.61 Å². The summed E-state index contributed by atoms with van der Waals surface area (Å²) in [6.45, 7) is 0.599. The third kappa shape index (κ3) is 6.97.